The molecule has 0 bridgehead atoms. The van der Waals surface area contributed by atoms with Crippen molar-refractivity contribution in [2.45, 2.75) is 77.5 Å². The first-order valence-corrected chi connectivity index (χ1v) is 6.89. The molecule has 0 saturated carbocycles. The molecule has 2 atom stereocenters. The molecule has 1 rings (SSSR count). The number of hydrogen-bond acceptors (Lipinski definition) is 5. The highest BCUT2D eigenvalue weighted by atomic mass is 16.7. The molecule has 5 heteroatoms. The van der Waals surface area contributed by atoms with Crippen LogP contribution in [0, 0.1) is 0 Å². The Hall–Kier alpha value is -0.650. The summed E-state index contributed by atoms with van der Waals surface area (Å²) in [7, 11) is 0. The van der Waals surface area contributed by atoms with E-state index in [4.69, 9.17) is 19.9 Å². The van der Waals surface area contributed by atoms with Crippen molar-refractivity contribution < 1.29 is 19.0 Å². The molecule has 0 aliphatic carbocycles. The zero-order valence-electron chi connectivity index (χ0n) is 12.7. The summed E-state index contributed by atoms with van der Waals surface area (Å²) < 4.78 is 16.9. The van der Waals surface area contributed by atoms with Crippen LogP contribution in [0.25, 0.3) is 0 Å². The fraction of sp³-hybridized carbons (Fsp3) is 0.929. The summed E-state index contributed by atoms with van der Waals surface area (Å²) in [5.74, 6) is -0.910. The summed E-state index contributed by atoms with van der Waals surface area (Å²) in [6.45, 7) is 9.86. The van der Waals surface area contributed by atoms with Gasteiger partial charge in [0.25, 0.3) is 0 Å². The van der Waals surface area contributed by atoms with Crippen LogP contribution in [-0.2, 0) is 19.0 Å². The lowest BCUT2D eigenvalue weighted by molar-refractivity contribution is -0.300. The highest BCUT2D eigenvalue weighted by molar-refractivity contribution is 5.70. The van der Waals surface area contributed by atoms with Gasteiger partial charge in [0.2, 0.25) is 0 Å². The number of ether oxygens (including phenoxy) is 3. The van der Waals surface area contributed by atoms with Crippen molar-refractivity contribution in [2.75, 3.05) is 6.54 Å². The Bertz CT molecular complexity index is 309. The maximum Gasteiger partial charge on any atom is 0.308 e. The summed E-state index contributed by atoms with van der Waals surface area (Å²) in [6, 6.07) is 0. The van der Waals surface area contributed by atoms with Gasteiger partial charge in [-0.3, -0.25) is 4.79 Å². The van der Waals surface area contributed by atoms with Crippen LogP contribution in [0.1, 0.15) is 53.9 Å². The molecular weight excluding hydrogens is 247 g/mol. The molecule has 0 aromatic rings. The quantitative estimate of drug-likeness (QED) is 0.627. The van der Waals surface area contributed by atoms with E-state index in [0.29, 0.717) is 13.0 Å². The number of nitrogens with two attached hydrogens (primary N) is 1. The van der Waals surface area contributed by atoms with E-state index >= 15 is 0 Å². The summed E-state index contributed by atoms with van der Waals surface area (Å²) in [5, 5.41) is 0. The first-order valence-electron chi connectivity index (χ1n) is 6.89. The van der Waals surface area contributed by atoms with E-state index in [1.807, 2.05) is 34.6 Å². The molecule has 19 heavy (non-hydrogen) atoms. The van der Waals surface area contributed by atoms with Gasteiger partial charge < -0.3 is 19.9 Å². The highest BCUT2D eigenvalue weighted by Crippen LogP contribution is 2.30. The van der Waals surface area contributed by atoms with E-state index in [2.05, 4.69) is 0 Å². The number of hydrogen-bond donors (Lipinski definition) is 1. The smallest absolute Gasteiger partial charge is 0.308 e. The van der Waals surface area contributed by atoms with E-state index in [1.54, 1.807) is 0 Å². The second-order valence-electron chi connectivity index (χ2n) is 6.48. The maximum absolute atomic E-state index is 11.8. The predicted molar refractivity (Wildman–Crippen MR) is 72.6 cm³/mol. The monoisotopic (exact) mass is 274 g/mol. The highest BCUT2D eigenvalue weighted by Gasteiger charge is 2.36. The summed E-state index contributed by atoms with van der Waals surface area (Å²) >= 11 is 0. The van der Waals surface area contributed by atoms with Crippen molar-refractivity contribution in [3.8, 4) is 0 Å². The van der Waals surface area contributed by atoms with E-state index < -0.39 is 11.4 Å². The SMILES string of the molecule is CC(C)(C)OC(=O)C[C@H]1C[C@@H](C[13CH2]N)OC(C)(C)O1. The van der Waals surface area contributed by atoms with E-state index in [1.165, 1.54) is 0 Å². The van der Waals surface area contributed by atoms with Gasteiger partial charge in [-0.05, 0) is 47.6 Å². The van der Waals surface area contributed by atoms with Crippen molar-refractivity contribution in [2.24, 2.45) is 5.73 Å². The molecule has 1 aliphatic rings. The standard InChI is InChI=1S/C14H27NO4/c1-13(2,3)19-12(16)9-11-8-10(6-7-15)17-14(4,5)18-11/h10-11H,6-9,15H2,1-5H3/t10-,11-/m1/s1/i7+1. The van der Waals surface area contributed by atoms with Crippen LogP contribution in [0.3, 0.4) is 0 Å². The number of carbonyl (C=O) groups is 1. The van der Waals surface area contributed by atoms with Crippen LogP contribution in [0.5, 0.6) is 0 Å². The Morgan fingerprint density at radius 2 is 1.89 bits per heavy atom. The largest absolute Gasteiger partial charge is 0.460 e. The number of rotatable bonds is 4. The minimum absolute atomic E-state index is 0.0428. The van der Waals surface area contributed by atoms with Gasteiger partial charge in [0.15, 0.2) is 5.79 Å². The Balaban J connectivity index is 2.54. The lowest BCUT2D eigenvalue weighted by Gasteiger charge is -2.40. The molecule has 2 N–H and O–H groups in total. The van der Waals surface area contributed by atoms with E-state index in [0.717, 1.165) is 6.42 Å². The van der Waals surface area contributed by atoms with Crippen LogP contribution in [-0.4, -0.2) is 36.1 Å². The third-order valence-corrected chi connectivity index (χ3v) is 2.73. The molecule has 0 amide bonds. The van der Waals surface area contributed by atoms with Crippen molar-refractivity contribution >= 4 is 5.97 Å². The molecule has 1 heterocycles. The molecule has 0 radical (unpaired) electrons. The Labute approximate surface area is 115 Å². The molecule has 0 unspecified atom stereocenters. The normalized spacial score (nSPS) is 27.1. The van der Waals surface area contributed by atoms with Crippen LogP contribution >= 0.6 is 0 Å². The third-order valence-electron chi connectivity index (χ3n) is 2.73. The zero-order valence-corrected chi connectivity index (χ0v) is 12.7. The van der Waals surface area contributed by atoms with Crippen LogP contribution < -0.4 is 5.73 Å². The summed E-state index contributed by atoms with van der Waals surface area (Å²) in [5.41, 5.74) is 5.10. The van der Waals surface area contributed by atoms with Crippen LogP contribution in [0.2, 0.25) is 0 Å². The first kappa shape index (κ1) is 16.4. The van der Waals surface area contributed by atoms with Gasteiger partial charge in [-0.2, -0.15) is 0 Å². The van der Waals surface area contributed by atoms with Gasteiger partial charge in [-0.15, -0.1) is 0 Å². The second kappa shape index (κ2) is 6.20. The van der Waals surface area contributed by atoms with Crippen LogP contribution in [0.4, 0.5) is 0 Å². The van der Waals surface area contributed by atoms with Gasteiger partial charge in [-0.1, -0.05) is 0 Å². The molecule has 5 nitrogen and oxygen atoms in total. The third kappa shape index (κ3) is 6.36. The van der Waals surface area contributed by atoms with Crippen molar-refractivity contribution in [1.82, 2.24) is 0 Å². The second-order valence-corrected chi connectivity index (χ2v) is 6.48. The van der Waals surface area contributed by atoms with Gasteiger partial charge in [0.05, 0.1) is 18.6 Å². The van der Waals surface area contributed by atoms with Crippen molar-refractivity contribution in [3.05, 3.63) is 0 Å². The molecule has 1 aliphatic heterocycles. The molecule has 1 saturated heterocycles. The Morgan fingerprint density at radius 1 is 1.32 bits per heavy atom. The minimum Gasteiger partial charge on any atom is -0.460 e. The van der Waals surface area contributed by atoms with E-state index in [-0.39, 0.29) is 24.6 Å². The fourth-order valence-corrected chi connectivity index (χ4v) is 2.28. The number of esters is 1. The molecular formula is C14H27NO4. The molecule has 0 aromatic carbocycles. The lowest BCUT2D eigenvalue weighted by atomic mass is 10.0. The van der Waals surface area contributed by atoms with Gasteiger partial charge in [0.1, 0.15) is 5.60 Å². The minimum atomic E-state index is -0.676. The molecule has 1 fully saturated rings. The lowest BCUT2D eigenvalue weighted by Crippen LogP contribution is -2.46. The predicted octanol–water partition coefficient (Wildman–Crippen LogP) is 1.98. The molecule has 0 aromatic heterocycles. The average Bonchev–Trinajstić information content (AvgIpc) is 2.10. The maximum atomic E-state index is 11.8. The Morgan fingerprint density at radius 3 is 2.42 bits per heavy atom. The topological polar surface area (TPSA) is 70.8 Å². The fourth-order valence-electron chi connectivity index (χ4n) is 2.28. The Kier molecular flexibility index (Phi) is 5.35. The van der Waals surface area contributed by atoms with Gasteiger partial charge in [-0.25, -0.2) is 0 Å². The van der Waals surface area contributed by atoms with Crippen LogP contribution in [0.15, 0.2) is 0 Å². The van der Waals surface area contributed by atoms with Crippen molar-refractivity contribution in [1.29, 1.82) is 0 Å². The zero-order chi connectivity index (χ0) is 14.7. The van der Waals surface area contributed by atoms with Gasteiger partial charge >= 0.3 is 5.97 Å². The van der Waals surface area contributed by atoms with Crippen molar-refractivity contribution in [3.63, 3.8) is 0 Å². The molecule has 112 valence electrons. The summed E-state index contributed by atoms with van der Waals surface area (Å²) in [4.78, 5) is 11.8. The van der Waals surface area contributed by atoms with Gasteiger partial charge in [0, 0.05) is 6.42 Å². The number of carbonyl (C=O) groups excluding carboxylic acids is 1. The molecule has 0 spiro atoms. The average molecular weight is 274 g/mol. The first-order chi connectivity index (χ1) is 8.61. The summed E-state index contributed by atoms with van der Waals surface area (Å²) in [6.07, 6.45) is 1.58. The van der Waals surface area contributed by atoms with E-state index in [9.17, 15) is 4.79 Å².